The Bertz CT molecular complexity index is 1650. The minimum absolute atomic E-state index is 0.0315. The number of H-pyrrole nitrogens is 1. The van der Waals surface area contributed by atoms with Crippen LogP contribution < -0.4 is 21.1 Å². The molecule has 1 saturated carbocycles. The number of benzene rings is 1. The maximum absolute atomic E-state index is 15.4. The third kappa shape index (κ3) is 6.52. The van der Waals surface area contributed by atoms with Crippen LogP contribution in [0.4, 0.5) is 27.3 Å². The molecule has 0 atom stereocenters. The molecule has 1 aliphatic heterocycles. The van der Waals surface area contributed by atoms with Gasteiger partial charge in [0.15, 0.2) is 0 Å². The largest absolute Gasteiger partial charge is 0.382 e. The number of nitrogens with zero attached hydrogens (tertiary/aromatic N) is 3. The van der Waals surface area contributed by atoms with Crippen LogP contribution in [0.1, 0.15) is 32.1 Å². The van der Waals surface area contributed by atoms with Gasteiger partial charge in [-0.25, -0.2) is 14.4 Å². The van der Waals surface area contributed by atoms with Crippen molar-refractivity contribution >= 4 is 39.7 Å². The van der Waals surface area contributed by atoms with Gasteiger partial charge in [-0.1, -0.05) is 19.3 Å². The van der Waals surface area contributed by atoms with Crippen molar-refractivity contribution in [3.05, 3.63) is 71.0 Å². The van der Waals surface area contributed by atoms with E-state index in [2.05, 4.69) is 30.5 Å². The third-order valence-corrected chi connectivity index (χ3v) is 8.08. The number of aromatic amines is 1. The number of methoxy groups -OCH3 is 1. The molecule has 3 N–H and O–H groups in total. The first-order valence-corrected chi connectivity index (χ1v) is 14.7. The van der Waals surface area contributed by atoms with Crippen molar-refractivity contribution in [1.82, 2.24) is 15.0 Å². The number of fused-ring (bicyclic) bond motifs is 1. The Kier molecular flexibility index (Phi) is 8.62. The first-order valence-electron chi connectivity index (χ1n) is 14.7. The fourth-order valence-corrected chi connectivity index (χ4v) is 5.68. The maximum Gasteiger partial charge on any atom is 0.259 e. The quantitative estimate of drug-likeness (QED) is 0.216. The molecule has 0 unspecified atom stereocenters. The number of carbonyl (C=O) groups excluding carboxylic acids is 1. The van der Waals surface area contributed by atoms with Gasteiger partial charge in [-0.2, -0.15) is 0 Å². The van der Waals surface area contributed by atoms with Crippen LogP contribution in [0.5, 0.6) is 0 Å². The second-order valence-electron chi connectivity index (χ2n) is 11.1. The van der Waals surface area contributed by atoms with Crippen LogP contribution in [-0.4, -0.2) is 60.4 Å². The highest BCUT2D eigenvalue weighted by atomic mass is 19.1. The monoisotopic (exact) mass is 586 g/mol. The molecular weight excluding hydrogens is 551 g/mol. The van der Waals surface area contributed by atoms with E-state index in [1.807, 2.05) is 12.1 Å². The van der Waals surface area contributed by atoms with E-state index in [1.54, 1.807) is 37.6 Å². The fourth-order valence-electron chi connectivity index (χ4n) is 5.68. The molecule has 3 aromatic heterocycles. The van der Waals surface area contributed by atoms with Crippen LogP contribution in [0.3, 0.4) is 0 Å². The Balaban J connectivity index is 1.21. The molecule has 11 heteroatoms. The molecule has 224 valence electrons. The Morgan fingerprint density at radius 2 is 1.93 bits per heavy atom. The number of nitrogens with one attached hydrogen (secondary N) is 3. The number of rotatable bonds is 10. The van der Waals surface area contributed by atoms with Gasteiger partial charge in [0.2, 0.25) is 5.91 Å². The van der Waals surface area contributed by atoms with Crippen LogP contribution in [0.25, 0.3) is 22.2 Å². The van der Waals surface area contributed by atoms with E-state index in [1.165, 1.54) is 12.3 Å². The number of amides is 1. The summed E-state index contributed by atoms with van der Waals surface area (Å²) in [6.07, 6.45) is 8.42. The standard InChI is InChI=1S/C32H35FN6O4/c1-42-13-14-43-23-18-39(19-23)22-8-10-29(35-17-22)38-28-16-27(37-26-11-12-34-32(41)30(26)28)24-9-7-21(15-25(24)33)36-31(40)20-5-3-2-4-6-20/h7-12,15-17,20,23H,2-6,13-14,18-19H2,1H3,(H,34,41)(H,36,40)(H,35,37,38). The molecule has 1 amide bonds. The lowest BCUT2D eigenvalue weighted by Gasteiger charge is -2.40. The summed E-state index contributed by atoms with van der Waals surface area (Å²) in [4.78, 5) is 39.5. The SMILES string of the molecule is COCCOC1CN(c2ccc(Nc3cc(-c4ccc(NC(=O)C5CCCCC5)cc4F)nc4cc[nH]c(=O)c34)nc2)C1. The number of anilines is 4. The van der Waals surface area contributed by atoms with Crippen molar-refractivity contribution in [1.29, 1.82) is 0 Å². The summed E-state index contributed by atoms with van der Waals surface area (Å²) in [7, 11) is 1.65. The number of carbonyl (C=O) groups is 1. The van der Waals surface area contributed by atoms with Gasteiger partial charge in [-0.3, -0.25) is 9.59 Å². The molecule has 2 fully saturated rings. The predicted molar refractivity (Wildman–Crippen MR) is 164 cm³/mol. The van der Waals surface area contributed by atoms with Gasteiger partial charge in [0.25, 0.3) is 5.56 Å². The molecule has 2 aliphatic rings. The molecule has 43 heavy (non-hydrogen) atoms. The lowest BCUT2D eigenvalue weighted by molar-refractivity contribution is -0.120. The lowest BCUT2D eigenvalue weighted by atomic mass is 9.88. The van der Waals surface area contributed by atoms with Crippen molar-refractivity contribution < 1.29 is 18.7 Å². The van der Waals surface area contributed by atoms with Gasteiger partial charge < -0.3 is 30.0 Å². The van der Waals surface area contributed by atoms with Gasteiger partial charge in [-0.05, 0) is 55.3 Å². The first kappa shape index (κ1) is 28.8. The molecule has 4 heterocycles. The lowest BCUT2D eigenvalue weighted by Crippen LogP contribution is -2.52. The zero-order chi connectivity index (χ0) is 29.8. The average molecular weight is 587 g/mol. The summed E-state index contributed by atoms with van der Waals surface area (Å²) in [6.45, 7) is 2.70. The smallest absolute Gasteiger partial charge is 0.259 e. The summed E-state index contributed by atoms with van der Waals surface area (Å²) in [5, 5.41) is 6.44. The van der Waals surface area contributed by atoms with Gasteiger partial charge >= 0.3 is 0 Å². The normalized spacial score (nSPS) is 15.8. The van der Waals surface area contributed by atoms with Crippen LogP contribution in [0, 0.1) is 11.7 Å². The van der Waals surface area contributed by atoms with Gasteiger partial charge in [0.1, 0.15) is 11.6 Å². The van der Waals surface area contributed by atoms with E-state index in [-0.39, 0.29) is 29.1 Å². The van der Waals surface area contributed by atoms with Crippen LogP contribution in [0.15, 0.2) is 59.7 Å². The van der Waals surface area contributed by atoms with E-state index in [4.69, 9.17) is 9.47 Å². The molecule has 0 spiro atoms. The fraction of sp³-hybridized carbons (Fsp3) is 0.375. The Morgan fingerprint density at radius 1 is 1.09 bits per heavy atom. The summed E-state index contributed by atoms with van der Waals surface area (Å²) in [5.41, 5.74) is 2.52. The highest BCUT2D eigenvalue weighted by molar-refractivity contribution is 5.95. The van der Waals surface area contributed by atoms with Gasteiger partial charge in [0, 0.05) is 43.6 Å². The van der Waals surface area contributed by atoms with Gasteiger partial charge in [0.05, 0.1) is 53.5 Å². The predicted octanol–water partition coefficient (Wildman–Crippen LogP) is 5.24. The highest BCUT2D eigenvalue weighted by Gasteiger charge is 2.28. The third-order valence-electron chi connectivity index (χ3n) is 8.08. The maximum atomic E-state index is 15.4. The number of pyridine rings is 3. The molecule has 1 aliphatic carbocycles. The number of ether oxygens (including phenoxy) is 2. The average Bonchev–Trinajstić information content (AvgIpc) is 2.99. The van der Waals surface area contributed by atoms with E-state index in [9.17, 15) is 9.59 Å². The molecule has 0 radical (unpaired) electrons. The van der Waals surface area contributed by atoms with Crippen molar-refractivity contribution in [2.75, 3.05) is 48.9 Å². The zero-order valence-corrected chi connectivity index (χ0v) is 24.1. The minimum Gasteiger partial charge on any atom is -0.382 e. The van der Waals surface area contributed by atoms with Gasteiger partial charge in [-0.15, -0.1) is 0 Å². The van der Waals surface area contributed by atoms with Crippen LogP contribution in [-0.2, 0) is 14.3 Å². The summed E-state index contributed by atoms with van der Waals surface area (Å²) >= 11 is 0. The summed E-state index contributed by atoms with van der Waals surface area (Å²) in [6, 6.07) is 11.7. The second-order valence-corrected chi connectivity index (χ2v) is 11.1. The minimum atomic E-state index is -0.523. The van der Waals surface area contributed by atoms with Crippen molar-refractivity contribution in [2.24, 2.45) is 5.92 Å². The van der Waals surface area contributed by atoms with Crippen molar-refractivity contribution in [3.8, 4) is 11.3 Å². The molecule has 1 aromatic carbocycles. The second kappa shape index (κ2) is 12.9. The molecular formula is C32H35FN6O4. The topological polar surface area (TPSA) is 121 Å². The first-order chi connectivity index (χ1) is 21.0. The summed E-state index contributed by atoms with van der Waals surface area (Å²) in [5.74, 6) is -0.0917. The van der Waals surface area contributed by atoms with Crippen LogP contribution >= 0.6 is 0 Å². The summed E-state index contributed by atoms with van der Waals surface area (Å²) < 4.78 is 26.2. The number of aromatic nitrogens is 3. The number of hydrogen-bond acceptors (Lipinski definition) is 8. The highest BCUT2D eigenvalue weighted by Crippen LogP contribution is 2.32. The molecule has 1 saturated heterocycles. The molecule has 4 aromatic rings. The van der Waals surface area contributed by atoms with E-state index >= 15 is 4.39 Å². The molecule has 0 bridgehead atoms. The number of halogens is 1. The Hall–Kier alpha value is -4.35. The van der Waals surface area contributed by atoms with Crippen LogP contribution in [0.2, 0.25) is 0 Å². The Labute approximate surface area is 248 Å². The zero-order valence-electron chi connectivity index (χ0n) is 24.1. The molecule has 6 rings (SSSR count). The van der Waals surface area contributed by atoms with Crippen molar-refractivity contribution in [2.45, 2.75) is 38.2 Å². The van der Waals surface area contributed by atoms with Crippen molar-refractivity contribution in [3.63, 3.8) is 0 Å². The number of hydrogen-bond donors (Lipinski definition) is 3. The van der Waals surface area contributed by atoms with E-state index < -0.39 is 5.82 Å². The van der Waals surface area contributed by atoms with E-state index in [0.717, 1.165) is 50.9 Å². The Morgan fingerprint density at radius 3 is 2.67 bits per heavy atom. The molecule has 10 nitrogen and oxygen atoms in total. The van der Waals surface area contributed by atoms with E-state index in [0.29, 0.717) is 47.0 Å².